The first kappa shape index (κ1) is 5.36. The van der Waals surface area contributed by atoms with E-state index in [4.69, 9.17) is 0 Å². The Hall–Kier alpha value is -0.300. The number of fused-ring (bicyclic) bond motifs is 3. The normalized spacial score (nSPS) is 50.5. The zero-order valence-electron chi connectivity index (χ0n) is 6.38. The summed E-state index contributed by atoms with van der Waals surface area (Å²) in [5, 5.41) is 0. The molecular formula is C9H13N. The van der Waals surface area contributed by atoms with Crippen LogP contribution < -0.4 is 0 Å². The van der Waals surface area contributed by atoms with Crippen LogP contribution in [0, 0.1) is 5.92 Å². The van der Waals surface area contributed by atoms with Crippen LogP contribution >= 0.6 is 0 Å². The first-order valence-corrected chi connectivity index (χ1v) is 4.35. The maximum Gasteiger partial charge on any atom is 0.0380 e. The molecule has 3 aliphatic rings. The second-order valence-corrected chi connectivity index (χ2v) is 3.85. The third kappa shape index (κ3) is 0.450. The summed E-state index contributed by atoms with van der Waals surface area (Å²) in [6.07, 6.45) is 5.37. The number of hydrogen-bond acceptors (Lipinski definition) is 1. The van der Waals surface area contributed by atoms with Crippen LogP contribution in [-0.4, -0.2) is 23.5 Å². The highest BCUT2D eigenvalue weighted by Crippen LogP contribution is 2.50. The molecule has 0 N–H and O–H groups in total. The molecule has 3 rings (SSSR count). The second kappa shape index (κ2) is 1.48. The van der Waals surface area contributed by atoms with E-state index in [9.17, 15) is 0 Å². The summed E-state index contributed by atoms with van der Waals surface area (Å²) in [6, 6.07) is 1.75. The van der Waals surface area contributed by atoms with Gasteiger partial charge < -0.3 is 0 Å². The Morgan fingerprint density at radius 3 is 3.40 bits per heavy atom. The van der Waals surface area contributed by atoms with Crippen molar-refractivity contribution >= 4 is 0 Å². The predicted octanol–water partition coefficient (Wildman–Crippen LogP) is 1.41. The summed E-state index contributed by atoms with van der Waals surface area (Å²) in [5.41, 5.74) is 1.74. The molecule has 2 heterocycles. The van der Waals surface area contributed by atoms with Crippen LogP contribution in [0.15, 0.2) is 11.6 Å². The van der Waals surface area contributed by atoms with E-state index >= 15 is 0 Å². The third-order valence-corrected chi connectivity index (χ3v) is 3.32. The van der Waals surface area contributed by atoms with Crippen molar-refractivity contribution in [3.63, 3.8) is 0 Å². The molecule has 0 aromatic rings. The van der Waals surface area contributed by atoms with Gasteiger partial charge in [0.2, 0.25) is 0 Å². The minimum absolute atomic E-state index is 0.858. The molecule has 3 atom stereocenters. The van der Waals surface area contributed by atoms with Gasteiger partial charge in [0, 0.05) is 12.1 Å². The second-order valence-electron chi connectivity index (χ2n) is 3.85. The van der Waals surface area contributed by atoms with Crippen molar-refractivity contribution in [1.29, 1.82) is 0 Å². The molecule has 1 aliphatic carbocycles. The van der Waals surface area contributed by atoms with Crippen molar-refractivity contribution in [2.24, 2.45) is 5.92 Å². The fourth-order valence-electron chi connectivity index (χ4n) is 2.69. The SMILES string of the molecule is CC1C2=C[C@H]3CCCN3[C@@H]21. The Morgan fingerprint density at radius 2 is 2.50 bits per heavy atom. The molecule has 2 fully saturated rings. The smallest absolute Gasteiger partial charge is 0.0380 e. The summed E-state index contributed by atoms with van der Waals surface area (Å²) in [5.74, 6) is 0.911. The Balaban J connectivity index is 1.95. The maximum atomic E-state index is 2.68. The van der Waals surface area contributed by atoms with E-state index in [-0.39, 0.29) is 0 Å². The molecule has 1 nitrogen and oxygen atoms in total. The standard InChI is InChI=1S/C9H13N/c1-6-8-5-7-3-2-4-10(7)9(6)8/h5-7,9H,2-4H2,1H3/t6?,7-,9-/m1/s1. The molecule has 0 aromatic heterocycles. The van der Waals surface area contributed by atoms with Gasteiger partial charge in [-0.25, -0.2) is 0 Å². The molecule has 0 aromatic carbocycles. The first-order chi connectivity index (χ1) is 4.88. The number of rotatable bonds is 0. The molecule has 1 heteroatoms. The fraction of sp³-hybridized carbons (Fsp3) is 0.778. The van der Waals surface area contributed by atoms with Gasteiger partial charge in [-0.05, 0) is 25.3 Å². The molecule has 1 unspecified atom stereocenters. The van der Waals surface area contributed by atoms with Crippen LogP contribution in [0.2, 0.25) is 0 Å². The lowest BCUT2D eigenvalue weighted by Crippen LogP contribution is -2.27. The number of hydrogen-bond donors (Lipinski definition) is 0. The van der Waals surface area contributed by atoms with Crippen molar-refractivity contribution in [1.82, 2.24) is 4.90 Å². The van der Waals surface area contributed by atoms with E-state index in [1.54, 1.807) is 5.57 Å². The minimum Gasteiger partial charge on any atom is -0.290 e. The van der Waals surface area contributed by atoms with Crippen LogP contribution in [0.1, 0.15) is 19.8 Å². The summed E-state index contributed by atoms with van der Waals surface area (Å²) in [7, 11) is 0. The average Bonchev–Trinajstić information content (AvgIpc) is 2.27. The van der Waals surface area contributed by atoms with Gasteiger partial charge in [-0.2, -0.15) is 0 Å². The first-order valence-electron chi connectivity index (χ1n) is 4.35. The van der Waals surface area contributed by atoms with Crippen LogP contribution in [0.25, 0.3) is 0 Å². The van der Waals surface area contributed by atoms with Gasteiger partial charge in [-0.3, -0.25) is 4.90 Å². The van der Waals surface area contributed by atoms with Crippen molar-refractivity contribution in [3.8, 4) is 0 Å². The third-order valence-electron chi connectivity index (χ3n) is 3.32. The van der Waals surface area contributed by atoms with Crippen LogP contribution in [-0.2, 0) is 0 Å². The van der Waals surface area contributed by atoms with Gasteiger partial charge in [0.25, 0.3) is 0 Å². The summed E-state index contributed by atoms with van der Waals surface area (Å²) >= 11 is 0. The topological polar surface area (TPSA) is 3.24 Å². The lowest BCUT2D eigenvalue weighted by atomic mass is 10.2. The van der Waals surface area contributed by atoms with Crippen molar-refractivity contribution in [2.45, 2.75) is 31.8 Å². The largest absolute Gasteiger partial charge is 0.290 e. The molecule has 10 heavy (non-hydrogen) atoms. The molecule has 1 saturated heterocycles. The van der Waals surface area contributed by atoms with E-state index in [0.29, 0.717) is 0 Å². The Labute approximate surface area is 61.7 Å². The van der Waals surface area contributed by atoms with E-state index < -0.39 is 0 Å². The molecular weight excluding hydrogens is 122 g/mol. The average molecular weight is 135 g/mol. The maximum absolute atomic E-state index is 2.68. The lowest BCUT2D eigenvalue weighted by molar-refractivity contribution is 0.285. The van der Waals surface area contributed by atoms with Gasteiger partial charge in [-0.15, -0.1) is 0 Å². The van der Waals surface area contributed by atoms with Gasteiger partial charge in [0.05, 0.1) is 0 Å². The molecule has 0 bridgehead atoms. The zero-order valence-corrected chi connectivity index (χ0v) is 6.38. The molecule has 2 aliphatic heterocycles. The van der Waals surface area contributed by atoms with Gasteiger partial charge >= 0.3 is 0 Å². The van der Waals surface area contributed by atoms with Crippen molar-refractivity contribution < 1.29 is 0 Å². The number of nitrogens with zero attached hydrogens (tertiary/aromatic N) is 1. The van der Waals surface area contributed by atoms with Gasteiger partial charge in [-0.1, -0.05) is 18.6 Å². The Bertz CT molecular complexity index is 207. The van der Waals surface area contributed by atoms with E-state index in [1.807, 2.05) is 0 Å². The molecule has 54 valence electrons. The van der Waals surface area contributed by atoms with Crippen molar-refractivity contribution in [2.75, 3.05) is 6.54 Å². The quantitative estimate of drug-likeness (QED) is 0.454. The highest BCUT2D eigenvalue weighted by molar-refractivity contribution is 5.41. The Kier molecular flexibility index (Phi) is 0.791. The zero-order chi connectivity index (χ0) is 6.72. The van der Waals surface area contributed by atoms with E-state index in [2.05, 4.69) is 17.9 Å². The molecule has 0 spiro atoms. The molecule has 1 saturated carbocycles. The van der Waals surface area contributed by atoms with Crippen LogP contribution in [0.5, 0.6) is 0 Å². The van der Waals surface area contributed by atoms with Gasteiger partial charge in [0.15, 0.2) is 0 Å². The lowest BCUT2D eigenvalue weighted by Gasteiger charge is -2.17. The fourth-order valence-corrected chi connectivity index (χ4v) is 2.69. The molecule has 0 radical (unpaired) electrons. The van der Waals surface area contributed by atoms with E-state index in [1.165, 1.54) is 19.4 Å². The molecule has 0 amide bonds. The van der Waals surface area contributed by atoms with Crippen LogP contribution in [0.4, 0.5) is 0 Å². The van der Waals surface area contributed by atoms with Gasteiger partial charge in [0.1, 0.15) is 0 Å². The monoisotopic (exact) mass is 135 g/mol. The van der Waals surface area contributed by atoms with Crippen molar-refractivity contribution in [3.05, 3.63) is 11.6 Å². The van der Waals surface area contributed by atoms with Crippen LogP contribution in [0.3, 0.4) is 0 Å². The highest BCUT2D eigenvalue weighted by atomic mass is 15.3. The minimum atomic E-state index is 0.858. The highest BCUT2D eigenvalue weighted by Gasteiger charge is 2.52. The predicted molar refractivity (Wildman–Crippen MR) is 40.8 cm³/mol. The van der Waals surface area contributed by atoms with E-state index in [0.717, 1.165) is 18.0 Å². The Morgan fingerprint density at radius 1 is 1.60 bits per heavy atom. The summed E-state index contributed by atoms with van der Waals surface area (Å²) in [6.45, 7) is 3.71. The summed E-state index contributed by atoms with van der Waals surface area (Å²) in [4.78, 5) is 2.68. The summed E-state index contributed by atoms with van der Waals surface area (Å²) < 4.78 is 0.